The van der Waals surface area contributed by atoms with Gasteiger partial charge in [0.25, 0.3) is 0 Å². The number of hydrogen-bond acceptors (Lipinski definition) is 3. The van der Waals surface area contributed by atoms with Crippen molar-refractivity contribution in [2.75, 3.05) is 12.9 Å². The van der Waals surface area contributed by atoms with Crippen molar-refractivity contribution in [2.45, 2.75) is 25.7 Å². The van der Waals surface area contributed by atoms with Gasteiger partial charge >= 0.3 is 0 Å². The summed E-state index contributed by atoms with van der Waals surface area (Å²) in [7, 11) is 1.69. The Morgan fingerprint density at radius 2 is 2.31 bits per heavy atom. The Morgan fingerprint density at radius 3 is 2.94 bits per heavy atom. The molecule has 1 rings (SSSR count). The molecule has 2 nitrogen and oxygen atoms in total. The molecule has 0 radical (unpaired) electrons. The standard InChI is InChI=1S/C13H17NOS/c1-3-11(7-8-16-10-14)12-5-4-6-13(9-12)15-2/h4-6,9,11H,3,7-8H2,1-2H3. The number of ether oxygens (including phenoxy) is 1. The Labute approximate surface area is 102 Å². The lowest BCUT2D eigenvalue weighted by atomic mass is 9.94. The molecule has 0 aliphatic heterocycles. The van der Waals surface area contributed by atoms with Crippen LogP contribution in [0.4, 0.5) is 0 Å². The Morgan fingerprint density at radius 1 is 1.50 bits per heavy atom. The summed E-state index contributed by atoms with van der Waals surface area (Å²) in [6.45, 7) is 2.18. The predicted octanol–water partition coefficient (Wildman–Crippen LogP) is 3.79. The van der Waals surface area contributed by atoms with Gasteiger partial charge in [0, 0.05) is 5.75 Å². The summed E-state index contributed by atoms with van der Waals surface area (Å²) in [5.74, 6) is 2.33. The highest BCUT2D eigenvalue weighted by atomic mass is 32.2. The third-order valence-electron chi connectivity index (χ3n) is 2.69. The van der Waals surface area contributed by atoms with Crippen molar-refractivity contribution in [3.63, 3.8) is 0 Å². The number of nitriles is 1. The van der Waals surface area contributed by atoms with Crippen molar-refractivity contribution >= 4 is 11.8 Å². The fourth-order valence-electron chi connectivity index (χ4n) is 1.75. The van der Waals surface area contributed by atoms with Crippen LogP contribution in [0.3, 0.4) is 0 Å². The van der Waals surface area contributed by atoms with Gasteiger partial charge in [-0.1, -0.05) is 19.1 Å². The zero-order valence-corrected chi connectivity index (χ0v) is 10.6. The normalized spacial score (nSPS) is 11.8. The zero-order valence-electron chi connectivity index (χ0n) is 9.77. The summed E-state index contributed by atoms with van der Waals surface area (Å²) in [5, 5.41) is 10.6. The minimum absolute atomic E-state index is 0.524. The minimum atomic E-state index is 0.524. The number of thiocyanates is 1. The first-order valence-electron chi connectivity index (χ1n) is 5.46. The first-order valence-corrected chi connectivity index (χ1v) is 6.45. The van der Waals surface area contributed by atoms with Crippen molar-refractivity contribution in [3.8, 4) is 11.2 Å². The molecule has 3 heteroatoms. The van der Waals surface area contributed by atoms with E-state index < -0.39 is 0 Å². The van der Waals surface area contributed by atoms with Crippen molar-refractivity contribution < 1.29 is 4.74 Å². The lowest BCUT2D eigenvalue weighted by Gasteiger charge is -2.15. The second-order valence-electron chi connectivity index (χ2n) is 3.61. The van der Waals surface area contributed by atoms with E-state index in [1.165, 1.54) is 17.3 Å². The third kappa shape index (κ3) is 3.79. The minimum Gasteiger partial charge on any atom is -0.497 e. The molecule has 1 aromatic carbocycles. The molecule has 0 saturated heterocycles. The smallest absolute Gasteiger partial charge is 0.133 e. The highest BCUT2D eigenvalue weighted by Gasteiger charge is 2.09. The molecule has 0 fully saturated rings. The topological polar surface area (TPSA) is 33.0 Å². The molecule has 0 saturated carbocycles. The average Bonchev–Trinajstić information content (AvgIpc) is 2.35. The van der Waals surface area contributed by atoms with E-state index in [0.717, 1.165) is 24.3 Å². The number of hydrogen-bond donors (Lipinski definition) is 0. The highest BCUT2D eigenvalue weighted by Crippen LogP contribution is 2.27. The molecule has 86 valence electrons. The first-order chi connectivity index (χ1) is 7.81. The lowest BCUT2D eigenvalue weighted by Crippen LogP contribution is -1.99. The highest BCUT2D eigenvalue weighted by molar-refractivity contribution is 8.03. The summed E-state index contributed by atoms with van der Waals surface area (Å²) >= 11 is 1.33. The fourth-order valence-corrected chi connectivity index (χ4v) is 2.24. The molecule has 0 aliphatic carbocycles. The van der Waals surface area contributed by atoms with Crippen LogP contribution in [0, 0.1) is 10.7 Å². The van der Waals surface area contributed by atoms with Crippen molar-refractivity contribution in [1.29, 1.82) is 5.26 Å². The second-order valence-corrected chi connectivity index (χ2v) is 4.49. The Bertz CT molecular complexity index is 359. The van der Waals surface area contributed by atoms with Crippen LogP contribution in [0.2, 0.25) is 0 Å². The second kappa shape index (κ2) is 7.19. The van der Waals surface area contributed by atoms with E-state index in [-0.39, 0.29) is 0 Å². The number of benzene rings is 1. The van der Waals surface area contributed by atoms with Gasteiger partial charge in [-0.05, 0) is 48.2 Å². The van der Waals surface area contributed by atoms with Crippen molar-refractivity contribution in [2.24, 2.45) is 0 Å². The van der Waals surface area contributed by atoms with Crippen LogP contribution in [-0.2, 0) is 0 Å². The molecule has 0 aromatic heterocycles. The van der Waals surface area contributed by atoms with Crippen molar-refractivity contribution in [3.05, 3.63) is 29.8 Å². The van der Waals surface area contributed by atoms with Gasteiger partial charge in [0.1, 0.15) is 11.2 Å². The largest absolute Gasteiger partial charge is 0.497 e. The molecule has 0 amide bonds. The first kappa shape index (κ1) is 12.9. The molecule has 1 atom stereocenters. The van der Waals surface area contributed by atoms with Gasteiger partial charge in [-0.15, -0.1) is 0 Å². The quantitative estimate of drug-likeness (QED) is 0.555. The number of thioether (sulfide) groups is 1. The molecule has 0 aliphatic rings. The monoisotopic (exact) mass is 235 g/mol. The Hall–Kier alpha value is -1.14. The molecule has 0 spiro atoms. The van der Waals surface area contributed by atoms with Gasteiger partial charge in [0.2, 0.25) is 0 Å². The third-order valence-corrected chi connectivity index (χ3v) is 3.26. The molecule has 0 N–H and O–H groups in total. The van der Waals surface area contributed by atoms with Crippen LogP contribution >= 0.6 is 11.8 Å². The Kier molecular flexibility index (Phi) is 5.81. The number of nitrogens with zero attached hydrogens (tertiary/aromatic N) is 1. The maximum Gasteiger partial charge on any atom is 0.133 e. The van der Waals surface area contributed by atoms with Gasteiger partial charge in [0.05, 0.1) is 7.11 Å². The summed E-state index contributed by atoms with van der Waals surface area (Å²) in [6.07, 6.45) is 2.14. The lowest BCUT2D eigenvalue weighted by molar-refractivity contribution is 0.413. The molecule has 16 heavy (non-hydrogen) atoms. The van der Waals surface area contributed by atoms with E-state index in [2.05, 4.69) is 24.5 Å². The van der Waals surface area contributed by atoms with Gasteiger partial charge in [-0.2, -0.15) is 5.26 Å². The van der Waals surface area contributed by atoms with E-state index in [1.54, 1.807) is 7.11 Å². The molecule has 0 heterocycles. The van der Waals surface area contributed by atoms with Gasteiger partial charge in [-0.25, -0.2) is 0 Å². The van der Waals surface area contributed by atoms with E-state index >= 15 is 0 Å². The predicted molar refractivity (Wildman–Crippen MR) is 68.7 cm³/mol. The van der Waals surface area contributed by atoms with Crippen LogP contribution in [-0.4, -0.2) is 12.9 Å². The molecule has 1 aromatic rings. The maximum absolute atomic E-state index is 8.50. The molecule has 0 bridgehead atoms. The van der Waals surface area contributed by atoms with Crippen LogP contribution in [0.15, 0.2) is 24.3 Å². The maximum atomic E-state index is 8.50. The number of methoxy groups -OCH3 is 1. The van der Waals surface area contributed by atoms with Gasteiger partial charge < -0.3 is 4.74 Å². The fraction of sp³-hybridized carbons (Fsp3) is 0.462. The SMILES string of the molecule is CCC(CCSC#N)c1cccc(OC)c1. The van der Waals surface area contributed by atoms with E-state index in [0.29, 0.717) is 5.92 Å². The number of rotatable bonds is 6. The summed E-state index contributed by atoms with van der Waals surface area (Å²) in [5.41, 5.74) is 1.31. The molecular weight excluding hydrogens is 218 g/mol. The van der Waals surface area contributed by atoms with E-state index in [9.17, 15) is 0 Å². The van der Waals surface area contributed by atoms with Gasteiger partial charge in [0.15, 0.2) is 0 Å². The van der Waals surface area contributed by atoms with E-state index in [4.69, 9.17) is 10.00 Å². The summed E-state index contributed by atoms with van der Waals surface area (Å²) in [6, 6.07) is 8.20. The van der Waals surface area contributed by atoms with Crippen LogP contribution < -0.4 is 4.74 Å². The Balaban J connectivity index is 2.67. The molecule has 1 unspecified atom stereocenters. The van der Waals surface area contributed by atoms with Crippen LogP contribution in [0.1, 0.15) is 31.2 Å². The van der Waals surface area contributed by atoms with Crippen LogP contribution in [0.25, 0.3) is 0 Å². The zero-order chi connectivity index (χ0) is 11.8. The van der Waals surface area contributed by atoms with Crippen molar-refractivity contribution in [1.82, 2.24) is 0 Å². The van der Waals surface area contributed by atoms with Crippen LogP contribution in [0.5, 0.6) is 5.75 Å². The molecular formula is C13H17NOS. The van der Waals surface area contributed by atoms with E-state index in [1.807, 2.05) is 12.1 Å². The average molecular weight is 235 g/mol. The van der Waals surface area contributed by atoms with Gasteiger partial charge in [-0.3, -0.25) is 0 Å². The summed E-state index contributed by atoms with van der Waals surface area (Å²) in [4.78, 5) is 0. The summed E-state index contributed by atoms with van der Waals surface area (Å²) < 4.78 is 5.22.